The van der Waals surface area contributed by atoms with Crippen molar-refractivity contribution in [1.82, 2.24) is 4.98 Å². The first-order valence-electron chi connectivity index (χ1n) is 8.74. The fourth-order valence-electron chi connectivity index (χ4n) is 3.25. The van der Waals surface area contributed by atoms with Crippen LogP contribution in [0.25, 0.3) is 10.9 Å². The maximum Gasteiger partial charge on any atom is 0.231 e. The summed E-state index contributed by atoms with van der Waals surface area (Å²) < 4.78 is 0. The van der Waals surface area contributed by atoms with E-state index in [4.69, 9.17) is 0 Å². The monoisotopic (exact) mass is 344 g/mol. The number of amides is 1. The number of hydrogen-bond acceptors (Lipinski definition) is 4. The summed E-state index contributed by atoms with van der Waals surface area (Å²) in [4.78, 5) is 18.2. The molecule has 2 aromatic carbocycles. The van der Waals surface area contributed by atoms with Crippen molar-refractivity contribution in [3.05, 3.63) is 65.7 Å². The Balaban J connectivity index is 1.60. The zero-order valence-electron chi connectivity index (χ0n) is 14.9. The van der Waals surface area contributed by atoms with Crippen molar-refractivity contribution >= 4 is 34.0 Å². The lowest BCUT2D eigenvalue weighted by atomic mass is 10.0. The Morgan fingerprint density at radius 2 is 2.04 bits per heavy atom. The van der Waals surface area contributed by atoms with E-state index in [-0.39, 0.29) is 5.91 Å². The lowest BCUT2D eigenvalue weighted by Crippen LogP contribution is -2.20. The molecule has 2 heterocycles. The third-order valence-electron chi connectivity index (χ3n) is 4.73. The highest BCUT2D eigenvalue weighted by molar-refractivity contribution is 6.05. The van der Waals surface area contributed by atoms with E-state index in [1.54, 1.807) is 4.90 Å². The number of benzene rings is 2. The Morgan fingerprint density at radius 1 is 1.19 bits per heavy atom. The third-order valence-corrected chi connectivity index (χ3v) is 4.73. The van der Waals surface area contributed by atoms with E-state index in [1.807, 2.05) is 55.6 Å². The number of carbonyl (C=O) groups excluding carboxylic acids is 1. The van der Waals surface area contributed by atoms with Crippen molar-refractivity contribution in [3.63, 3.8) is 0 Å². The summed E-state index contributed by atoms with van der Waals surface area (Å²) in [5.74, 6) is 0.844. The van der Waals surface area contributed by atoms with Crippen LogP contribution in [0.2, 0.25) is 0 Å². The lowest BCUT2D eigenvalue weighted by Gasteiger charge is -2.11. The number of hydrazone groups is 1. The van der Waals surface area contributed by atoms with Crippen LogP contribution in [0.5, 0.6) is 0 Å². The number of rotatable bonds is 4. The first kappa shape index (κ1) is 16.3. The maximum absolute atomic E-state index is 11.9. The van der Waals surface area contributed by atoms with Crippen molar-refractivity contribution in [2.45, 2.75) is 19.8 Å². The van der Waals surface area contributed by atoms with Crippen molar-refractivity contribution in [2.24, 2.45) is 5.10 Å². The Kier molecular flexibility index (Phi) is 4.13. The topological polar surface area (TPSA) is 57.6 Å². The summed E-state index contributed by atoms with van der Waals surface area (Å²) in [5, 5.41) is 5.66. The molecular weight excluding hydrogens is 324 g/mol. The van der Waals surface area contributed by atoms with Gasteiger partial charge in [0.2, 0.25) is 5.91 Å². The highest BCUT2D eigenvalue weighted by atomic mass is 16.2. The molecule has 0 unspecified atom stereocenters. The summed E-state index contributed by atoms with van der Waals surface area (Å²) >= 11 is 0. The number of para-hydroxylation sites is 1. The summed E-state index contributed by atoms with van der Waals surface area (Å²) in [6, 6.07) is 18.0. The number of nitrogens with zero attached hydrogens (tertiary/aromatic N) is 3. The molecule has 0 aliphatic carbocycles. The van der Waals surface area contributed by atoms with Gasteiger partial charge in [0.05, 0.1) is 17.6 Å². The van der Waals surface area contributed by atoms with Crippen molar-refractivity contribution in [2.75, 3.05) is 17.4 Å². The Morgan fingerprint density at radius 3 is 2.88 bits per heavy atom. The number of aromatic nitrogens is 1. The molecule has 1 aliphatic heterocycles. The molecular formula is C21H20N4O. The van der Waals surface area contributed by atoms with Crippen molar-refractivity contribution in [3.8, 4) is 0 Å². The molecule has 1 amide bonds. The molecule has 5 nitrogen and oxygen atoms in total. The molecule has 1 N–H and O–H groups in total. The largest absolute Gasteiger partial charge is 0.315 e. The lowest BCUT2D eigenvalue weighted by molar-refractivity contribution is -0.117. The van der Waals surface area contributed by atoms with Crippen LogP contribution < -0.4 is 10.3 Å². The zero-order chi connectivity index (χ0) is 18.1. The summed E-state index contributed by atoms with van der Waals surface area (Å²) in [7, 11) is 1.82. The molecule has 0 radical (unpaired) electrons. The minimum atomic E-state index is 0.130. The average Bonchev–Trinajstić information content (AvgIpc) is 2.95. The summed E-state index contributed by atoms with van der Waals surface area (Å²) in [6.07, 6.45) is 1.24. The third kappa shape index (κ3) is 2.92. The molecule has 0 fully saturated rings. The van der Waals surface area contributed by atoms with Gasteiger partial charge in [-0.3, -0.25) is 10.2 Å². The second-order valence-corrected chi connectivity index (χ2v) is 6.39. The SMILES string of the molecule is CC/C(=N\Nc1ccc2ccccc2n1)c1ccc2c(c1)CC(=O)N2C. The van der Waals surface area contributed by atoms with Crippen LogP contribution in [0.1, 0.15) is 24.5 Å². The van der Waals surface area contributed by atoms with Crippen LogP contribution >= 0.6 is 0 Å². The summed E-state index contributed by atoms with van der Waals surface area (Å²) in [6.45, 7) is 2.07. The van der Waals surface area contributed by atoms with Crippen molar-refractivity contribution in [1.29, 1.82) is 0 Å². The van der Waals surface area contributed by atoms with Crippen LogP contribution in [0.4, 0.5) is 11.5 Å². The van der Waals surface area contributed by atoms with E-state index in [0.717, 1.165) is 39.8 Å². The van der Waals surface area contributed by atoms with E-state index >= 15 is 0 Å². The average molecular weight is 344 g/mol. The molecule has 4 rings (SSSR count). The molecule has 1 aliphatic rings. The zero-order valence-corrected chi connectivity index (χ0v) is 14.9. The quantitative estimate of drug-likeness (QED) is 0.575. The van der Waals surface area contributed by atoms with Gasteiger partial charge in [-0.25, -0.2) is 4.98 Å². The molecule has 1 aromatic heterocycles. The highest BCUT2D eigenvalue weighted by Crippen LogP contribution is 2.28. The molecule has 3 aromatic rings. The van der Waals surface area contributed by atoms with E-state index in [9.17, 15) is 4.79 Å². The van der Waals surface area contributed by atoms with Crippen LogP contribution in [0.15, 0.2) is 59.7 Å². The second-order valence-electron chi connectivity index (χ2n) is 6.39. The van der Waals surface area contributed by atoms with E-state index in [1.165, 1.54) is 0 Å². The standard InChI is InChI=1S/C21H20N4O/c1-3-17(15-8-10-19-16(12-15)13-21(26)25(19)2)23-24-20-11-9-14-6-4-5-7-18(14)22-20/h4-12H,3,13H2,1-2H3,(H,22,24)/b23-17+. The normalized spacial score (nSPS) is 14.0. The van der Waals surface area contributed by atoms with Gasteiger partial charge in [-0.15, -0.1) is 0 Å². The summed E-state index contributed by atoms with van der Waals surface area (Å²) in [5.41, 5.74) is 8.01. The molecule has 0 bridgehead atoms. The van der Waals surface area contributed by atoms with E-state index in [2.05, 4.69) is 28.5 Å². The Labute approximate surface area is 152 Å². The first-order valence-corrected chi connectivity index (χ1v) is 8.74. The molecule has 0 spiro atoms. The van der Waals surface area contributed by atoms with E-state index in [0.29, 0.717) is 12.2 Å². The van der Waals surface area contributed by atoms with E-state index < -0.39 is 0 Å². The predicted molar refractivity (Wildman–Crippen MR) is 106 cm³/mol. The van der Waals surface area contributed by atoms with Gasteiger partial charge in [0.25, 0.3) is 0 Å². The Bertz CT molecular complexity index is 1030. The van der Waals surface area contributed by atoms with Gasteiger partial charge >= 0.3 is 0 Å². The van der Waals surface area contributed by atoms with Gasteiger partial charge in [-0.2, -0.15) is 5.10 Å². The van der Waals surface area contributed by atoms with Crippen LogP contribution in [-0.2, 0) is 11.2 Å². The van der Waals surface area contributed by atoms with Gasteiger partial charge in [0.15, 0.2) is 0 Å². The number of nitrogens with one attached hydrogen (secondary N) is 1. The number of hydrogen-bond donors (Lipinski definition) is 1. The molecule has 0 atom stereocenters. The van der Waals surface area contributed by atoms with Gasteiger partial charge in [0.1, 0.15) is 5.82 Å². The number of anilines is 2. The maximum atomic E-state index is 11.9. The molecule has 5 heteroatoms. The van der Waals surface area contributed by atoms with Gasteiger partial charge in [0, 0.05) is 18.1 Å². The number of pyridine rings is 1. The van der Waals surface area contributed by atoms with Gasteiger partial charge in [-0.1, -0.05) is 31.2 Å². The van der Waals surface area contributed by atoms with Crippen LogP contribution in [0.3, 0.4) is 0 Å². The number of carbonyl (C=O) groups is 1. The van der Waals surface area contributed by atoms with Crippen LogP contribution in [0, 0.1) is 0 Å². The second kappa shape index (κ2) is 6.59. The minimum Gasteiger partial charge on any atom is -0.315 e. The molecule has 130 valence electrons. The Hall–Kier alpha value is -3.21. The minimum absolute atomic E-state index is 0.130. The van der Waals surface area contributed by atoms with Crippen molar-refractivity contribution < 1.29 is 4.79 Å². The highest BCUT2D eigenvalue weighted by Gasteiger charge is 2.24. The fourth-order valence-corrected chi connectivity index (χ4v) is 3.25. The molecule has 0 saturated carbocycles. The smallest absolute Gasteiger partial charge is 0.231 e. The number of fused-ring (bicyclic) bond motifs is 2. The molecule has 26 heavy (non-hydrogen) atoms. The first-order chi connectivity index (χ1) is 12.7. The van der Waals surface area contributed by atoms with Gasteiger partial charge in [-0.05, 0) is 47.9 Å². The van der Waals surface area contributed by atoms with Crippen LogP contribution in [-0.4, -0.2) is 23.7 Å². The fraction of sp³-hybridized carbons (Fsp3) is 0.190. The number of likely N-dealkylation sites (N-methyl/N-ethyl adjacent to an activating group) is 1. The molecule has 0 saturated heterocycles. The van der Waals surface area contributed by atoms with Gasteiger partial charge < -0.3 is 4.90 Å². The predicted octanol–water partition coefficient (Wildman–Crippen LogP) is 3.98.